The topological polar surface area (TPSA) is 9.72 Å². The molecule has 0 saturated carbocycles. The van der Waals surface area contributed by atoms with Crippen molar-refractivity contribution in [2.75, 3.05) is 14.6 Å². The Bertz CT molecular complexity index is 2600. The molecule has 5 heteroatoms. The van der Waals surface area contributed by atoms with Gasteiger partial charge in [-0.3, -0.25) is 0 Å². The third kappa shape index (κ3) is 4.19. The molecular formula is C48H39B2N3. The lowest BCUT2D eigenvalue weighted by molar-refractivity contribution is 0.867. The average molecular weight is 679 g/mol. The van der Waals surface area contributed by atoms with Crippen LogP contribution < -0.4 is 41.9 Å². The quantitative estimate of drug-likeness (QED) is 0.172. The summed E-state index contributed by atoms with van der Waals surface area (Å²) in [6, 6.07) is 57.4. The van der Waals surface area contributed by atoms with E-state index < -0.39 is 0 Å². The van der Waals surface area contributed by atoms with Gasteiger partial charge in [0.1, 0.15) is 0 Å². The summed E-state index contributed by atoms with van der Waals surface area (Å²) >= 11 is 0. The first-order valence-electron chi connectivity index (χ1n) is 19.2. The van der Waals surface area contributed by atoms with E-state index in [1.54, 1.807) is 0 Å². The van der Waals surface area contributed by atoms with Crippen molar-refractivity contribution >= 4 is 86.4 Å². The summed E-state index contributed by atoms with van der Waals surface area (Å²) < 4.78 is 0. The van der Waals surface area contributed by atoms with Gasteiger partial charge in [0.15, 0.2) is 0 Å². The molecule has 0 aromatic heterocycles. The minimum atomic E-state index is 0.000702. The van der Waals surface area contributed by atoms with E-state index in [0.29, 0.717) is 11.8 Å². The van der Waals surface area contributed by atoms with Gasteiger partial charge in [0, 0.05) is 51.1 Å². The van der Waals surface area contributed by atoms with E-state index in [-0.39, 0.29) is 13.6 Å². The fourth-order valence-corrected chi connectivity index (χ4v) is 9.74. The number of nitrogens with zero attached hydrogens (tertiary/aromatic N) is 3. The van der Waals surface area contributed by atoms with Gasteiger partial charge in [0.2, 0.25) is 0 Å². The molecule has 0 unspecified atom stereocenters. The van der Waals surface area contributed by atoms with Crippen molar-refractivity contribution in [3.05, 3.63) is 163 Å². The number of para-hydroxylation sites is 4. The highest BCUT2D eigenvalue weighted by Crippen LogP contribution is 2.50. The van der Waals surface area contributed by atoms with Crippen LogP contribution in [-0.2, 0) is 0 Å². The lowest BCUT2D eigenvalue weighted by Gasteiger charge is -2.51. The largest absolute Gasteiger partial charge is 0.376 e. The van der Waals surface area contributed by atoms with Crippen LogP contribution in [0, 0.1) is 0 Å². The Hall–Kier alpha value is -5.93. The summed E-state index contributed by atoms with van der Waals surface area (Å²) in [6.07, 6.45) is 0. The Morgan fingerprint density at radius 3 is 1.62 bits per heavy atom. The van der Waals surface area contributed by atoms with Gasteiger partial charge in [0.25, 0.3) is 6.71 Å². The Balaban J connectivity index is 1.33. The number of hydrogen-bond donors (Lipinski definition) is 0. The van der Waals surface area contributed by atoms with E-state index in [1.807, 2.05) is 0 Å². The third-order valence-electron chi connectivity index (χ3n) is 12.2. The highest BCUT2D eigenvalue weighted by Gasteiger charge is 2.52. The van der Waals surface area contributed by atoms with Crippen molar-refractivity contribution in [1.82, 2.24) is 0 Å². The molecule has 4 aliphatic rings. The summed E-state index contributed by atoms with van der Waals surface area (Å²) in [5.41, 5.74) is 22.3. The minimum Gasteiger partial charge on any atom is -0.376 e. The van der Waals surface area contributed by atoms with Crippen LogP contribution >= 0.6 is 0 Å². The molecule has 53 heavy (non-hydrogen) atoms. The Morgan fingerprint density at radius 2 is 0.962 bits per heavy atom. The van der Waals surface area contributed by atoms with E-state index >= 15 is 0 Å². The molecule has 0 atom stereocenters. The van der Waals surface area contributed by atoms with E-state index in [9.17, 15) is 0 Å². The first kappa shape index (κ1) is 30.7. The van der Waals surface area contributed by atoms with E-state index in [0.717, 1.165) is 0 Å². The normalized spacial score (nSPS) is 14.2. The maximum Gasteiger partial charge on any atom is 0.333 e. The standard InChI is InChI=1S/C48H39B2N3/c1-30(2)32-23-25-43-39(27-32)49-40-28-33(31(3)4)24-26-44(40)52-42-22-14-12-20-38(42)50-46-37(29-45(47(49)48(46)52)51(43)34-15-7-5-8-16-34)36-19-11-13-21-41(36)53(50)35-17-9-6-10-18-35/h5-31H,1-4H3. The van der Waals surface area contributed by atoms with Crippen LogP contribution in [0.2, 0.25) is 0 Å². The van der Waals surface area contributed by atoms with Gasteiger partial charge in [-0.25, -0.2) is 0 Å². The van der Waals surface area contributed by atoms with Gasteiger partial charge in [-0.1, -0.05) is 125 Å². The molecule has 0 spiro atoms. The van der Waals surface area contributed by atoms with E-state index in [1.165, 1.54) is 95.1 Å². The SMILES string of the molecule is CC(C)c1ccc2c(c1)B1c3cc(C(C)C)ccc3N3c4ccccc4B4c5c(cc(c1c53)N2c1ccccc1)-c1ccccc1N4c1ccccc1. The van der Waals surface area contributed by atoms with Crippen molar-refractivity contribution < 1.29 is 0 Å². The maximum atomic E-state index is 2.64. The molecule has 252 valence electrons. The highest BCUT2D eigenvalue weighted by molar-refractivity contribution is 7.02. The second-order valence-electron chi connectivity index (χ2n) is 15.7. The van der Waals surface area contributed by atoms with Gasteiger partial charge in [-0.05, 0) is 110 Å². The lowest BCUT2D eigenvalue weighted by Crippen LogP contribution is -2.68. The van der Waals surface area contributed by atoms with Crippen molar-refractivity contribution in [1.29, 1.82) is 0 Å². The Kier molecular flexibility index (Phi) is 6.53. The summed E-state index contributed by atoms with van der Waals surface area (Å²) in [5, 5.41) is 0. The smallest absolute Gasteiger partial charge is 0.333 e. The van der Waals surface area contributed by atoms with Crippen LogP contribution in [0.25, 0.3) is 11.1 Å². The lowest BCUT2D eigenvalue weighted by atomic mass is 9.31. The zero-order valence-electron chi connectivity index (χ0n) is 30.6. The van der Waals surface area contributed by atoms with Gasteiger partial charge in [0.05, 0.1) is 0 Å². The zero-order chi connectivity index (χ0) is 35.5. The van der Waals surface area contributed by atoms with Crippen LogP contribution in [0.4, 0.5) is 45.5 Å². The van der Waals surface area contributed by atoms with Crippen LogP contribution in [0.15, 0.2) is 152 Å². The molecule has 7 aromatic carbocycles. The number of hydrogen-bond acceptors (Lipinski definition) is 3. The Labute approximate surface area is 313 Å². The molecule has 0 bridgehead atoms. The monoisotopic (exact) mass is 679 g/mol. The second-order valence-corrected chi connectivity index (χ2v) is 15.7. The van der Waals surface area contributed by atoms with E-state index in [2.05, 4.69) is 194 Å². The highest BCUT2D eigenvalue weighted by atomic mass is 15.2. The van der Waals surface area contributed by atoms with Crippen molar-refractivity contribution in [3.8, 4) is 11.1 Å². The summed E-state index contributed by atoms with van der Waals surface area (Å²) in [7, 11) is 0. The van der Waals surface area contributed by atoms with Gasteiger partial charge in [-0.15, -0.1) is 0 Å². The third-order valence-corrected chi connectivity index (χ3v) is 12.2. The van der Waals surface area contributed by atoms with Crippen molar-refractivity contribution in [2.45, 2.75) is 39.5 Å². The molecule has 4 aliphatic heterocycles. The molecule has 4 heterocycles. The number of benzene rings is 7. The molecule has 3 nitrogen and oxygen atoms in total. The molecule has 0 radical (unpaired) electrons. The van der Waals surface area contributed by atoms with Crippen molar-refractivity contribution in [2.24, 2.45) is 0 Å². The second kappa shape index (κ2) is 11.3. The summed E-state index contributed by atoms with van der Waals surface area (Å²) in [6.45, 7) is 9.35. The molecule has 0 N–H and O–H groups in total. The van der Waals surface area contributed by atoms with Gasteiger partial charge in [-0.2, -0.15) is 0 Å². The van der Waals surface area contributed by atoms with Crippen LogP contribution in [0.1, 0.15) is 50.7 Å². The van der Waals surface area contributed by atoms with E-state index in [4.69, 9.17) is 0 Å². The van der Waals surface area contributed by atoms with Crippen LogP contribution in [-0.4, -0.2) is 13.6 Å². The summed E-state index contributed by atoms with van der Waals surface area (Å²) in [5.74, 6) is 0.840. The first-order valence-corrected chi connectivity index (χ1v) is 19.2. The molecular weight excluding hydrogens is 640 g/mol. The van der Waals surface area contributed by atoms with Crippen molar-refractivity contribution in [3.63, 3.8) is 0 Å². The number of fused-ring (bicyclic) bond motifs is 10. The number of rotatable bonds is 4. The fraction of sp³-hybridized carbons (Fsp3) is 0.125. The molecule has 0 aliphatic carbocycles. The Morgan fingerprint density at radius 1 is 0.415 bits per heavy atom. The first-order chi connectivity index (χ1) is 26.0. The molecule has 0 fully saturated rings. The predicted octanol–water partition coefficient (Wildman–Crippen LogP) is 9.25. The van der Waals surface area contributed by atoms with Gasteiger partial charge >= 0.3 is 6.85 Å². The molecule has 7 aromatic rings. The molecule has 0 amide bonds. The van der Waals surface area contributed by atoms with Crippen LogP contribution in [0.3, 0.4) is 0 Å². The molecule has 0 saturated heterocycles. The zero-order valence-corrected chi connectivity index (χ0v) is 30.6. The minimum absolute atomic E-state index is 0.000702. The average Bonchev–Trinajstić information content (AvgIpc) is 3.20. The summed E-state index contributed by atoms with van der Waals surface area (Å²) in [4.78, 5) is 7.79. The maximum absolute atomic E-state index is 2.64. The van der Waals surface area contributed by atoms with Gasteiger partial charge < -0.3 is 14.6 Å². The predicted molar refractivity (Wildman–Crippen MR) is 228 cm³/mol. The van der Waals surface area contributed by atoms with Crippen LogP contribution in [0.5, 0.6) is 0 Å². The molecule has 11 rings (SSSR count). The fourth-order valence-electron chi connectivity index (χ4n) is 9.74. The number of anilines is 8.